The van der Waals surface area contributed by atoms with E-state index >= 15 is 0 Å². The van der Waals surface area contributed by atoms with Crippen LogP contribution in [0.3, 0.4) is 0 Å². The smallest absolute Gasteiger partial charge is 0.312 e. The minimum Gasteiger partial charge on any atom is -0.481 e. The van der Waals surface area contributed by atoms with Gasteiger partial charge in [0.15, 0.2) is 0 Å². The fourth-order valence-electron chi connectivity index (χ4n) is 1.37. The molecule has 1 unspecified atom stereocenters. The third kappa shape index (κ3) is 2.68. The second-order valence-electron chi connectivity index (χ2n) is 3.07. The summed E-state index contributed by atoms with van der Waals surface area (Å²) in [6, 6.07) is -0.407. The van der Waals surface area contributed by atoms with Crippen molar-refractivity contribution in [2.24, 2.45) is 0 Å². The molecule has 2 N–H and O–H groups in total. The fourth-order valence-corrected chi connectivity index (χ4v) is 1.37. The highest BCUT2D eigenvalue weighted by atomic mass is 16.5. The number of aliphatic hydroxyl groups excluding tert-OH is 1. The summed E-state index contributed by atoms with van der Waals surface area (Å²) < 4.78 is 5.06. The van der Waals surface area contributed by atoms with Crippen LogP contribution in [-0.4, -0.2) is 59.4 Å². The van der Waals surface area contributed by atoms with Gasteiger partial charge in [0, 0.05) is 6.54 Å². The third-order valence-electron chi connectivity index (χ3n) is 2.06. The first-order valence-electron chi connectivity index (χ1n) is 4.35. The molecule has 0 aromatic rings. The van der Waals surface area contributed by atoms with Crippen LogP contribution in [0, 0.1) is 0 Å². The molecule has 1 fully saturated rings. The minimum absolute atomic E-state index is 0.203. The van der Waals surface area contributed by atoms with E-state index in [1.807, 2.05) is 0 Å². The lowest BCUT2D eigenvalue weighted by atomic mass is 10.2. The van der Waals surface area contributed by atoms with Crippen LogP contribution in [0.1, 0.15) is 6.42 Å². The maximum Gasteiger partial charge on any atom is 0.312 e. The number of carbonyl (C=O) groups is 2. The normalized spacial score (nSPS) is 22.1. The number of aliphatic hydroxyl groups is 1. The zero-order valence-corrected chi connectivity index (χ0v) is 7.68. The van der Waals surface area contributed by atoms with Gasteiger partial charge < -0.3 is 19.8 Å². The predicted octanol–water partition coefficient (Wildman–Crippen LogP) is -1.32. The van der Waals surface area contributed by atoms with Gasteiger partial charge in [-0.1, -0.05) is 0 Å². The summed E-state index contributed by atoms with van der Waals surface area (Å²) in [7, 11) is 0. The molecule has 1 heterocycles. The minimum atomic E-state index is -1.15. The van der Waals surface area contributed by atoms with Gasteiger partial charge in [0.05, 0.1) is 25.9 Å². The van der Waals surface area contributed by atoms with E-state index in [0.717, 1.165) is 0 Å². The lowest BCUT2D eigenvalue weighted by Crippen LogP contribution is -2.50. The Kier molecular flexibility index (Phi) is 3.84. The van der Waals surface area contributed by atoms with E-state index in [0.29, 0.717) is 13.2 Å². The van der Waals surface area contributed by atoms with Crippen molar-refractivity contribution in [1.29, 1.82) is 0 Å². The van der Waals surface area contributed by atoms with E-state index in [9.17, 15) is 9.59 Å². The van der Waals surface area contributed by atoms with E-state index in [4.69, 9.17) is 14.9 Å². The first-order valence-corrected chi connectivity index (χ1v) is 4.35. The van der Waals surface area contributed by atoms with Gasteiger partial charge in [0.25, 0.3) is 0 Å². The molecule has 0 aromatic carbocycles. The third-order valence-corrected chi connectivity index (χ3v) is 2.06. The summed E-state index contributed by atoms with van der Waals surface area (Å²) in [5, 5.41) is 17.4. The number of aliphatic carboxylic acids is 1. The molecule has 80 valence electrons. The maximum atomic E-state index is 11.4. The number of hydrogen-bond acceptors (Lipinski definition) is 4. The number of ether oxygens (including phenoxy) is 1. The Morgan fingerprint density at radius 2 is 2.21 bits per heavy atom. The van der Waals surface area contributed by atoms with E-state index in [1.165, 1.54) is 4.90 Å². The molecule has 0 aliphatic carbocycles. The highest BCUT2D eigenvalue weighted by Crippen LogP contribution is 2.08. The molecule has 0 bridgehead atoms. The van der Waals surface area contributed by atoms with Gasteiger partial charge in [-0.15, -0.1) is 0 Å². The van der Waals surface area contributed by atoms with Gasteiger partial charge in [-0.05, 0) is 0 Å². The SMILES string of the molecule is O=C(O)CC(=O)N1CCOCC1CO. The van der Waals surface area contributed by atoms with E-state index in [1.54, 1.807) is 0 Å². The van der Waals surface area contributed by atoms with Crippen molar-refractivity contribution in [2.45, 2.75) is 12.5 Å². The van der Waals surface area contributed by atoms with Gasteiger partial charge >= 0.3 is 5.97 Å². The Hall–Kier alpha value is -1.14. The maximum absolute atomic E-state index is 11.4. The average molecular weight is 203 g/mol. The largest absolute Gasteiger partial charge is 0.481 e. The summed E-state index contributed by atoms with van der Waals surface area (Å²) >= 11 is 0. The highest BCUT2D eigenvalue weighted by molar-refractivity contribution is 5.93. The van der Waals surface area contributed by atoms with E-state index in [-0.39, 0.29) is 13.2 Å². The Bertz CT molecular complexity index is 230. The predicted molar refractivity (Wildman–Crippen MR) is 45.7 cm³/mol. The van der Waals surface area contributed by atoms with E-state index in [2.05, 4.69) is 0 Å². The first-order chi connectivity index (χ1) is 6.65. The topological polar surface area (TPSA) is 87.1 Å². The Morgan fingerprint density at radius 3 is 2.79 bits per heavy atom. The van der Waals surface area contributed by atoms with Crippen molar-refractivity contribution in [3.05, 3.63) is 0 Å². The molecule has 6 nitrogen and oxygen atoms in total. The number of nitrogens with zero attached hydrogens (tertiary/aromatic N) is 1. The molecule has 0 saturated carbocycles. The molecule has 1 atom stereocenters. The molecule has 1 amide bonds. The average Bonchev–Trinajstić information content (AvgIpc) is 2.16. The second-order valence-corrected chi connectivity index (χ2v) is 3.07. The zero-order valence-electron chi connectivity index (χ0n) is 7.68. The molecule has 0 aromatic heterocycles. The van der Waals surface area contributed by atoms with Crippen LogP contribution in [0.15, 0.2) is 0 Å². The van der Waals surface area contributed by atoms with Crippen molar-refractivity contribution in [1.82, 2.24) is 4.90 Å². The number of rotatable bonds is 3. The highest BCUT2D eigenvalue weighted by Gasteiger charge is 2.27. The van der Waals surface area contributed by atoms with Crippen LogP contribution < -0.4 is 0 Å². The van der Waals surface area contributed by atoms with Gasteiger partial charge in [-0.2, -0.15) is 0 Å². The zero-order chi connectivity index (χ0) is 10.6. The molecule has 1 aliphatic rings. The summed E-state index contributed by atoms with van der Waals surface area (Å²) in [6.45, 7) is 0.798. The summed E-state index contributed by atoms with van der Waals surface area (Å²) in [6.07, 6.45) is -0.531. The van der Waals surface area contributed by atoms with E-state index < -0.39 is 24.3 Å². The summed E-state index contributed by atoms with van der Waals surface area (Å²) in [5.41, 5.74) is 0. The number of carboxylic acids is 1. The first kappa shape index (κ1) is 10.9. The van der Waals surface area contributed by atoms with Crippen LogP contribution in [0.2, 0.25) is 0 Å². The lowest BCUT2D eigenvalue weighted by Gasteiger charge is -2.34. The number of morpholine rings is 1. The fraction of sp³-hybridized carbons (Fsp3) is 0.750. The van der Waals surface area contributed by atoms with Crippen LogP contribution in [0.25, 0.3) is 0 Å². The van der Waals surface area contributed by atoms with Crippen LogP contribution >= 0.6 is 0 Å². The number of carbonyl (C=O) groups excluding carboxylic acids is 1. The van der Waals surface area contributed by atoms with Crippen molar-refractivity contribution in [2.75, 3.05) is 26.4 Å². The summed E-state index contributed by atoms with van der Waals surface area (Å²) in [4.78, 5) is 23.0. The standard InChI is InChI=1S/C8H13NO5/c10-4-6-5-14-2-1-9(6)7(11)3-8(12)13/h6,10H,1-5H2,(H,12,13). The second kappa shape index (κ2) is 4.92. The molecule has 0 radical (unpaired) electrons. The Labute approximate surface area is 81.1 Å². The lowest BCUT2D eigenvalue weighted by molar-refractivity contribution is -0.149. The number of carboxylic acid groups (broad SMARTS) is 1. The number of amides is 1. The molecular formula is C8H13NO5. The van der Waals surface area contributed by atoms with Gasteiger partial charge in [0.2, 0.25) is 5.91 Å². The van der Waals surface area contributed by atoms with Gasteiger partial charge in [-0.25, -0.2) is 0 Å². The Balaban J connectivity index is 2.54. The van der Waals surface area contributed by atoms with Crippen molar-refractivity contribution in [3.8, 4) is 0 Å². The molecule has 6 heteroatoms. The van der Waals surface area contributed by atoms with Crippen molar-refractivity contribution in [3.63, 3.8) is 0 Å². The van der Waals surface area contributed by atoms with Crippen LogP contribution in [0.5, 0.6) is 0 Å². The van der Waals surface area contributed by atoms with Crippen molar-refractivity contribution >= 4 is 11.9 Å². The summed E-state index contributed by atoms with van der Waals surface area (Å²) in [5.74, 6) is -1.63. The van der Waals surface area contributed by atoms with Crippen molar-refractivity contribution < 1.29 is 24.5 Å². The molecule has 14 heavy (non-hydrogen) atoms. The van der Waals surface area contributed by atoms with Crippen LogP contribution in [-0.2, 0) is 14.3 Å². The molecule has 1 saturated heterocycles. The molecule has 1 aliphatic heterocycles. The quantitative estimate of drug-likeness (QED) is 0.555. The van der Waals surface area contributed by atoms with Gasteiger partial charge in [-0.3, -0.25) is 9.59 Å². The Morgan fingerprint density at radius 1 is 1.50 bits per heavy atom. The molecule has 0 spiro atoms. The number of hydrogen-bond donors (Lipinski definition) is 2. The van der Waals surface area contributed by atoms with Gasteiger partial charge in [0.1, 0.15) is 6.42 Å². The molecule has 1 rings (SSSR count). The van der Waals surface area contributed by atoms with Crippen LogP contribution in [0.4, 0.5) is 0 Å². The monoisotopic (exact) mass is 203 g/mol. The molecular weight excluding hydrogens is 190 g/mol.